The normalized spacial score (nSPS) is 30.8. The first-order valence-electron chi connectivity index (χ1n) is 8.69. The third-order valence-corrected chi connectivity index (χ3v) is 5.22. The van der Waals surface area contributed by atoms with Crippen molar-refractivity contribution in [2.45, 2.75) is 84.0 Å². The van der Waals surface area contributed by atoms with E-state index in [-0.39, 0.29) is 6.10 Å². The van der Waals surface area contributed by atoms with Crippen LogP contribution >= 0.6 is 0 Å². The fourth-order valence-electron chi connectivity index (χ4n) is 4.13. The molecule has 0 aliphatic heterocycles. The average molecular weight is 283 g/mol. The molecule has 1 N–H and O–H groups in total. The number of hydrogen-bond donors (Lipinski definition) is 1. The minimum absolute atomic E-state index is 0.225. The van der Waals surface area contributed by atoms with Crippen molar-refractivity contribution >= 4 is 0 Å². The molecule has 0 heterocycles. The van der Waals surface area contributed by atoms with E-state index in [9.17, 15) is 0 Å². The molecule has 2 aliphatic carbocycles. The van der Waals surface area contributed by atoms with Gasteiger partial charge in [-0.05, 0) is 39.7 Å². The Bertz CT molecular complexity index is 274. The maximum atomic E-state index is 6.35. The van der Waals surface area contributed by atoms with E-state index >= 15 is 0 Å². The molecule has 0 bridgehead atoms. The van der Waals surface area contributed by atoms with E-state index in [0.29, 0.717) is 17.6 Å². The van der Waals surface area contributed by atoms with Crippen molar-refractivity contribution in [3.05, 3.63) is 0 Å². The molecule has 20 heavy (non-hydrogen) atoms. The van der Waals surface area contributed by atoms with Crippen molar-refractivity contribution in [2.24, 2.45) is 5.41 Å². The van der Waals surface area contributed by atoms with Gasteiger partial charge >= 0.3 is 0 Å². The average Bonchev–Trinajstić information content (AvgIpc) is 2.72. The second-order valence-electron chi connectivity index (χ2n) is 6.59. The Morgan fingerprint density at radius 2 is 1.85 bits per heavy atom. The third kappa shape index (κ3) is 3.55. The maximum Gasteiger partial charge on any atom is 0.0784 e. The van der Waals surface area contributed by atoms with Crippen molar-refractivity contribution in [1.82, 2.24) is 5.32 Å². The van der Waals surface area contributed by atoms with Crippen LogP contribution in [-0.4, -0.2) is 38.0 Å². The predicted octanol–water partition coefficient (Wildman–Crippen LogP) is 3.52. The van der Waals surface area contributed by atoms with Crippen LogP contribution < -0.4 is 5.32 Å². The summed E-state index contributed by atoms with van der Waals surface area (Å²) >= 11 is 0. The van der Waals surface area contributed by atoms with Gasteiger partial charge in [-0.3, -0.25) is 0 Å². The van der Waals surface area contributed by atoms with E-state index in [1.54, 1.807) is 0 Å². The molecule has 2 rings (SSSR count). The highest BCUT2D eigenvalue weighted by molar-refractivity contribution is 5.08. The van der Waals surface area contributed by atoms with Crippen molar-refractivity contribution in [2.75, 3.05) is 19.8 Å². The standard InChI is InChI=1S/C17H33NO2/c1-4-18-15-12-16(20-14(3)13-19-5-2)17(15)10-8-6-7-9-11-17/h14-16,18H,4-13H2,1-3H3. The van der Waals surface area contributed by atoms with Gasteiger partial charge in [0.15, 0.2) is 0 Å². The monoisotopic (exact) mass is 283 g/mol. The van der Waals surface area contributed by atoms with Crippen LogP contribution in [0.1, 0.15) is 65.7 Å². The Morgan fingerprint density at radius 1 is 1.15 bits per heavy atom. The highest BCUT2D eigenvalue weighted by Crippen LogP contribution is 2.52. The van der Waals surface area contributed by atoms with E-state index < -0.39 is 0 Å². The van der Waals surface area contributed by atoms with Crippen LogP contribution in [0.5, 0.6) is 0 Å². The van der Waals surface area contributed by atoms with Gasteiger partial charge in [0.2, 0.25) is 0 Å². The summed E-state index contributed by atoms with van der Waals surface area (Å²) < 4.78 is 11.8. The first kappa shape index (κ1) is 16.3. The lowest BCUT2D eigenvalue weighted by Crippen LogP contribution is -2.64. The molecule has 1 spiro atoms. The highest BCUT2D eigenvalue weighted by atomic mass is 16.5. The van der Waals surface area contributed by atoms with Crippen LogP contribution in [0.25, 0.3) is 0 Å². The van der Waals surface area contributed by atoms with E-state index in [1.165, 1.54) is 44.9 Å². The molecule has 0 aromatic heterocycles. The first-order chi connectivity index (χ1) is 9.73. The van der Waals surface area contributed by atoms with E-state index in [1.807, 2.05) is 6.92 Å². The fraction of sp³-hybridized carbons (Fsp3) is 1.00. The van der Waals surface area contributed by atoms with Crippen LogP contribution in [0.4, 0.5) is 0 Å². The second-order valence-corrected chi connectivity index (χ2v) is 6.59. The van der Waals surface area contributed by atoms with Crippen molar-refractivity contribution in [3.8, 4) is 0 Å². The Hall–Kier alpha value is -0.120. The Morgan fingerprint density at radius 3 is 2.45 bits per heavy atom. The van der Waals surface area contributed by atoms with E-state index in [2.05, 4.69) is 19.2 Å². The summed E-state index contributed by atoms with van der Waals surface area (Å²) in [5.41, 5.74) is 0.410. The maximum absolute atomic E-state index is 6.35. The van der Waals surface area contributed by atoms with Crippen molar-refractivity contribution < 1.29 is 9.47 Å². The zero-order valence-corrected chi connectivity index (χ0v) is 13.6. The number of hydrogen-bond acceptors (Lipinski definition) is 3. The smallest absolute Gasteiger partial charge is 0.0784 e. The minimum atomic E-state index is 0.225. The van der Waals surface area contributed by atoms with Gasteiger partial charge in [0.05, 0.1) is 18.8 Å². The van der Waals surface area contributed by atoms with Crippen LogP contribution in [0.2, 0.25) is 0 Å². The summed E-state index contributed by atoms with van der Waals surface area (Å²) in [7, 11) is 0. The minimum Gasteiger partial charge on any atom is -0.379 e. The summed E-state index contributed by atoms with van der Waals surface area (Å²) in [5.74, 6) is 0. The zero-order valence-electron chi connectivity index (χ0n) is 13.6. The van der Waals surface area contributed by atoms with Crippen molar-refractivity contribution in [3.63, 3.8) is 0 Å². The molecule has 0 radical (unpaired) electrons. The largest absolute Gasteiger partial charge is 0.379 e. The summed E-state index contributed by atoms with van der Waals surface area (Å²) in [6.45, 7) is 9.01. The summed E-state index contributed by atoms with van der Waals surface area (Å²) in [6.07, 6.45) is 10.1. The molecule has 0 amide bonds. The molecule has 0 aromatic carbocycles. The fourth-order valence-corrected chi connectivity index (χ4v) is 4.13. The lowest BCUT2D eigenvalue weighted by Gasteiger charge is -2.56. The Balaban J connectivity index is 1.94. The Labute approximate surface area is 124 Å². The lowest BCUT2D eigenvalue weighted by atomic mass is 9.57. The second kappa shape index (κ2) is 7.77. The SMILES string of the molecule is CCNC1CC(OC(C)COCC)C12CCCCCC2. The van der Waals surface area contributed by atoms with Crippen LogP contribution in [0.3, 0.4) is 0 Å². The molecular weight excluding hydrogens is 250 g/mol. The third-order valence-electron chi connectivity index (χ3n) is 5.22. The van der Waals surface area contributed by atoms with Gasteiger partial charge in [-0.1, -0.05) is 32.6 Å². The molecule has 0 saturated heterocycles. The zero-order chi connectivity index (χ0) is 14.4. The molecule has 3 heteroatoms. The molecule has 3 atom stereocenters. The molecule has 2 fully saturated rings. The van der Waals surface area contributed by atoms with Gasteiger partial charge in [0.1, 0.15) is 0 Å². The van der Waals surface area contributed by atoms with E-state index in [4.69, 9.17) is 9.47 Å². The predicted molar refractivity (Wildman–Crippen MR) is 83.0 cm³/mol. The van der Waals surface area contributed by atoms with Crippen LogP contribution in [-0.2, 0) is 9.47 Å². The van der Waals surface area contributed by atoms with Crippen LogP contribution in [0.15, 0.2) is 0 Å². The van der Waals surface area contributed by atoms with Gasteiger partial charge in [-0.2, -0.15) is 0 Å². The first-order valence-corrected chi connectivity index (χ1v) is 8.69. The molecule has 118 valence electrons. The summed E-state index contributed by atoms with van der Waals surface area (Å²) in [5, 5.41) is 3.71. The highest BCUT2D eigenvalue weighted by Gasteiger charge is 2.55. The molecule has 3 unspecified atom stereocenters. The number of rotatable bonds is 7. The number of nitrogens with one attached hydrogen (secondary N) is 1. The topological polar surface area (TPSA) is 30.5 Å². The number of ether oxygens (including phenoxy) is 2. The lowest BCUT2D eigenvalue weighted by molar-refractivity contribution is -0.175. The van der Waals surface area contributed by atoms with Gasteiger partial charge in [0.25, 0.3) is 0 Å². The molecule has 0 aromatic rings. The molecule has 2 saturated carbocycles. The Kier molecular flexibility index (Phi) is 6.31. The van der Waals surface area contributed by atoms with Gasteiger partial charge in [-0.25, -0.2) is 0 Å². The van der Waals surface area contributed by atoms with Crippen LogP contribution in [0, 0.1) is 5.41 Å². The van der Waals surface area contributed by atoms with Gasteiger partial charge < -0.3 is 14.8 Å². The quantitative estimate of drug-likeness (QED) is 0.775. The summed E-state index contributed by atoms with van der Waals surface area (Å²) in [4.78, 5) is 0. The van der Waals surface area contributed by atoms with Gasteiger partial charge in [0, 0.05) is 18.1 Å². The van der Waals surface area contributed by atoms with E-state index in [0.717, 1.165) is 19.8 Å². The van der Waals surface area contributed by atoms with Gasteiger partial charge in [-0.15, -0.1) is 0 Å². The molecular formula is C17H33NO2. The summed E-state index contributed by atoms with van der Waals surface area (Å²) in [6, 6.07) is 0.676. The molecule has 3 nitrogen and oxygen atoms in total. The molecule has 2 aliphatic rings. The van der Waals surface area contributed by atoms with Crippen molar-refractivity contribution in [1.29, 1.82) is 0 Å².